The van der Waals surface area contributed by atoms with Crippen LogP contribution >= 0.6 is 43.2 Å². The number of hydrogen-bond donors (Lipinski definition) is 0. The molecule has 6 heteroatoms. The number of halogens is 2. The van der Waals surface area contributed by atoms with Gasteiger partial charge in [-0.3, -0.25) is 0 Å². The van der Waals surface area contributed by atoms with E-state index in [1.165, 1.54) is 15.5 Å². The molecule has 2 nitrogen and oxygen atoms in total. The summed E-state index contributed by atoms with van der Waals surface area (Å²) in [4.78, 5) is 0.394. The Morgan fingerprint density at radius 3 is 2.45 bits per heavy atom. The monoisotopic (exact) mass is 456 g/mol. The quantitative estimate of drug-likeness (QED) is 0.423. The second-order valence-electron chi connectivity index (χ2n) is 4.63. The third kappa shape index (κ3) is 3.35. The van der Waals surface area contributed by atoms with Gasteiger partial charge in [0.05, 0.1) is 4.90 Å². The topological polar surface area (TPSA) is 34.1 Å². The summed E-state index contributed by atoms with van der Waals surface area (Å²) in [6, 6.07) is 13.6. The van der Waals surface area contributed by atoms with Crippen LogP contribution in [0.1, 0.15) is 5.56 Å². The average molecular weight is 458 g/mol. The van der Waals surface area contributed by atoms with Crippen molar-refractivity contribution < 1.29 is 8.42 Å². The van der Waals surface area contributed by atoms with Gasteiger partial charge in [0.15, 0.2) is 9.84 Å². The van der Waals surface area contributed by atoms with Gasteiger partial charge in [-0.25, -0.2) is 8.42 Å². The molecule has 0 amide bonds. The van der Waals surface area contributed by atoms with Crippen molar-refractivity contribution in [3.8, 4) is 0 Å². The summed E-state index contributed by atoms with van der Waals surface area (Å²) >= 11 is 8.47. The van der Waals surface area contributed by atoms with E-state index in [1.807, 2.05) is 0 Å². The van der Waals surface area contributed by atoms with Crippen LogP contribution in [0, 0.1) is 0 Å². The highest BCUT2D eigenvalue weighted by Crippen LogP contribution is 2.28. The molecule has 1 aromatic heterocycles. The number of sulfone groups is 1. The van der Waals surface area contributed by atoms with Gasteiger partial charge >= 0.3 is 0 Å². The first-order valence-corrected chi connectivity index (χ1v) is 10.3. The van der Waals surface area contributed by atoms with Crippen molar-refractivity contribution in [3.63, 3.8) is 0 Å². The zero-order chi connectivity index (χ0) is 15.7. The largest absolute Gasteiger partial charge is 0.219 e. The minimum Gasteiger partial charge on any atom is -0.219 e. The Balaban J connectivity index is 0.000000133. The molecule has 1 aliphatic heterocycles. The Labute approximate surface area is 149 Å². The highest BCUT2D eigenvalue weighted by atomic mass is 79.9. The fraction of sp³-hybridized carbons (Fsp3) is 0. The van der Waals surface area contributed by atoms with Crippen molar-refractivity contribution >= 4 is 69.2 Å². The zero-order valence-corrected chi connectivity index (χ0v) is 16.0. The molecule has 3 aromatic rings. The Morgan fingerprint density at radius 1 is 0.909 bits per heavy atom. The van der Waals surface area contributed by atoms with Crippen molar-refractivity contribution in [2.24, 2.45) is 0 Å². The first-order chi connectivity index (χ1) is 10.5. The Hall–Kier alpha value is -0.950. The van der Waals surface area contributed by atoms with Crippen molar-refractivity contribution in [1.29, 1.82) is 0 Å². The summed E-state index contributed by atoms with van der Waals surface area (Å²) in [6.07, 6.45) is 1.61. The molecule has 2 aromatic carbocycles. The lowest BCUT2D eigenvalue weighted by Crippen LogP contribution is -1.92. The Kier molecular flexibility index (Phi) is 4.54. The molecular weight excluding hydrogens is 448 g/mol. The van der Waals surface area contributed by atoms with Gasteiger partial charge in [0.2, 0.25) is 0 Å². The SMILES string of the molecule is Brc1ccc2sccc2c1.O=S1(=O)C=Cc2cc(Br)ccc21. The molecule has 0 radical (unpaired) electrons. The lowest BCUT2D eigenvalue weighted by Gasteiger charge is -1.97. The lowest BCUT2D eigenvalue weighted by molar-refractivity contribution is 0.605. The molecule has 22 heavy (non-hydrogen) atoms. The number of thiophene rings is 1. The number of benzene rings is 2. The van der Waals surface area contributed by atoms with Gasteiger partial charge in [-0.15, -0.1) is 11.3 Å². The molecule has 0 bridgehead atoms. The van der Waals surface area contributed by atoms with Crippen LogP contribution < -0.4 is 0 Å². The Bertz CT molecular complexity index is 973. The summed E-state index contributed by atoms with van der Waals surface area (Å²) in [5.41, 5.74) is 0.754. The molecule has 0 saturated heterocycles. The summed E-state index contributed by atoms with van der Waals surface area (Å²) in [5.74, 6) is 0. The van der Waals surface area contributed by atoms with E-state index in [4.69, 9.17) is 0 Å². The minimum absolute atomic E-state index is 0.394. The molecule has 0 unspecified atom stereocenters. The predicted octanol–water partition coefficient (Wildman–Crippen LogP) is 5.87. The van der Waals surface area contributed by atoms with E-state index >= 15 is 0 Å². The molecular formula is C16H10Br2O2S2. The highest BCUT2D eigenvalue weighted by Gasteiger charge is 2.19. The number of fused-ring (bicyclic) bond motifs is 2. The molecule has 112 valence electrons. The van der Waals surface area contributed by atoms with Crippen LogP contribution in [-0.2, 0) is 9.84 Å². The molecule has 4 rings (SSSR count). The van der Waals surface area contributed by atoms with Crippen LogP contribution in [0.25, 0.3) is 16.2 Å². The van der Waals surface area contributed by atoms with Gasteiger partial charge < -0.3 is 0 Å². The fourth-order valence-electron chi connectivity index (χ4n) is 2.08. The van der Waals surface area contributed by atoms with Crippen LogP contribution in [0.2, 0.25) is 0 Å². The van der Waals surface area contributed by atoms with Gasteiger partial charge in [0.1, 0.15) is 0 Å². The molecule has 0 saturated carbocycles. The van der Waals surface area contributed by atoms with Crippen LogP contribution in [-0.4, -0.2) is 8.42 Å². The van der Waals surface area contributed by atoms with E-state index in [0.29, 0.717) is 4.90 Å². The second kappa shape index (κ2) is 6.28. The van der Waals surface area contributed by atoms with E-state index in [0.717, 1.165) is 14.5 Å². The van der Waals surface area contributed by atoms with Crippen LogP contribution in [0.3, 0.4) is 0 Å². The van der Waals surface area contributed by atoms with Gasteiger partial charge in [0, 0.05) is 19.1 Å². The fourth-order valence-corrected chi connectivity index (χ4v) is 4.80. The van der Waals surface area contributed by atoms with Crippen LogP contribution in [0.4, 0.5) is 0 Å². The van der Waals surface area contributed by atoms with Crippen molar-refractivity contribution in [3.05, 3.63) is 67.8 Å². The van der Waals surface area contributed by atoms with Crippen molar-refractivity contribution in [2.75, 3.05) is 0 Å². The number of rotatable bonds is 0. The minimum atomic E-state index is -3.12. The maximum Gasteiger partial charge on any atom is 0.200 e. The zero-order valence-electron chi connectivity index (χ0n) is 11.2. The van der Waals surface area contributed by atoms with Gasteiger partial charge in [-0.1, -0.05) is 31.9 Å². The summed E-state index contributed by atoms with van der Waals surface area (Å²) in [7, 11) is -3.12. The molecule has 0 spiro atoms. The normalized spacial score (nSPS) is 14.5. The van der Waals surface area contributed by atoms with Crippen molar-refractivity contribution in [2.45, 2.75) is 4.90 Å². The van der Waals surface area contributed by atoms with E-state index in [1.54, 1.807) is 35.6 Å². The maximum absolute atomic E-state index is 11.3. The first-order valence-electron chi connectivity index (χ1n) is 6.31. The highest BCUT2D eigenvalue weighted by molar-refractivity contribution is 9.10. The average Bonchev–Trinajstić information content (AvgIpc) is 3.03. The van der Waals surface area contributed by atoms with E-state index < -0.39 is 9.84 Å². The summed E-state index contributed by atoms with van der Waals surface area (Å²) in [5, 5.41) is 4.65. The second-order valence-corrected chi connectivity index (χ2v) is 9.21. The van der Waals surface area contributed by atoms with Crippen molar-refractivity contribution in [1.82, 2.24) is 0 Å². The van der Waals surface area contributed by atoms with E-state index in [-0.39, 0.29) is 0 Å². The Morgan fingerprint density at radius 2 is 1.64 bits per heavy atom. The summed E-state index contributed by atoms with van der Waals surface area (Å²) in [6.45, 7) is 0. The summed E-state index contributed by atoms with van der Waals surface area (Å²) < 4.78 is 25.9. The molecule has 0 fully saturated rings. The third-order valence-electron chi connectivity index (χ3n) is 3.12. The van der Waals surface area contributed by atoms with Gasteiger partial charge in [-0.2, -0.15) is 0 Å². The van der Waals surface area contributed by atoms with E-state index in [2.05, 4.69) is 61.5 Å². The molecule has 0 atom stereocenters. The number of hydrogen-bond acceptors (Lipinski definition) is 3. The molecule has 0 aliphatic carbocycles. The van der Waals surface area contributed by atoms with E-state index in [9.17, 15) is 8.42 Å². The lowest BCUT2D eigenvalue weighted by atomic mass is 10.2. The molecule has 2 heterocycles. The standard InChI is InChI=1S/C8H5BrO2S.C8H5BrS/c9-7-1-2-8-6(5-7)3-4-12(8,10)11;9-7-1-2-8-6(5-7)3-4-10-8/h1-5H;1-5H. The molecule has 0 N–H and O–H groups in total. The smallest absolute Gasteiger partial charge is 0.200 e. The first kappa shape index (κ1) is 15.9. The molecule has 1 aliphatic rings. The van der Waals surface area contributed by atoms with Gasteiger partial charge in [0.25, 0.3) is 0 Å². The van der Waals surface area contributed by atoms with Gasteiger partial charge in [-0.05, 0) is 64.9 Å². The van der Waals surface area contributed by atoms with Crippen LogP contribution in [0.15, 0.2) is 67.1 Å². The van der Waals surface area contributed by atoms with Crippen LogP contribution in [0.5, 0.6) is 0 Å². The predicted molar refractivity (Wildman–Crippen MR) is 99.9 cm³/mol. The maximum atomic E-state index is 11.3. The third-order valence-corrected chi connectivity index (χ3v) is 6.48.